The van der Waals surface area contributed by atoms with Gasteiger partial charge in [0.1, 0.15) is 0 Å². The third-order valence-corrected chi connectivity index (χ3v) is 7.81. The van der Waals surface area contributed by atoms with E-state index in [0.29, 0.717) is 6.42 Å². The number of amides is 1. The lowest BCUT2D eigenvalue weighted by atomic mass is 10.0. The van der Waals surface area contributed by atoms with E-state index in [-0.39, 0.29) is 12.5 Å². The van der Waals surface area contributed by atoms with Gasteiger partial charge in [0, 0.05) is 6.42 Å². The fourth-order valence-corrected chi connectivity index (χ4v) is 5.01. The molecular formula is C38H69NO3. The molecule has 0 aromatic rings. The predicted octanol–water partition coefficient (Wildman–Crippen LogP) is 10.5. The summed E-state index contributed by atoms with van der Waals surface area (Å²) in [5.74, 6) is -0.0784. The van der Waals surface area contributed by atoms with E-state index in [2.05, 4.69) is 55.6 Å². The molecule has 0 saturated carbocycles. The lowest BCUT2D eigenvalue weighted by Gasteiger charge is -2.20. The molecular weight excluding hydrogens is 518 g/mol. The highest BCUT2D eigenvalue weighted by molar-refractivity contribution is 5.76. The van der Waals surface area contributed by atoms with Crippen molar-refractivity contribution < 1.29 is 15.0 Å². The molecule has 4 nitrogen and oxygen atoms in total. The fourth-order valence-electron chi connectivity index (χ4n) is 5.01. The zero-order valence-electron chi connectivity index (χ0n) is 27.8. The highest BCUT2D eigenvalue weighted by Crippen LogP contribution is 2.13. The monoisotopic (exact) mass is 588 g/mol. The van der Waals surface area contributed by atoms with Crippen molar-refractivity contribution >= 4 is 5.91 Å². The molecule has 0 aromatic heterocycles. The van der Waals surface area contributed by atoms with Gasteiger partial charge in [0.15, 0.2) is 0 Å². The fraction of sp³-hybridized carbons (Fsp3) is 0.763. The average Bonchev–Trinajstić information content (AvgIpc) is 2.99. The van der Waals surface area contributed by atoms with Gasteiger partial charge in [0.25, 0.3) is 0 Å². The molecule has 244 valence electrons. The topological polar surface area (TPSA) is 69.6 Å². The van der Waals surface area contributed by atoms with E-state index < -0.39 is 12.1 Å². The molecule has 0 fully saturated rings. The number of carbonyl (C=O) groups excluding carboxylic acids is 1. The molecule has 0 aliphatic rings. The van der Waals surface area contributed by atoms with Crippen LogP contribution in [0.3, 0.4) is 0 Å². The van der Waals surface area contributed by atoms with Gasteiger partial charge in [0.05, 0.1) is 18.8 Å². The van der Waals surface area contributed by atoms with Gasteiger partial charge in [0.2, 0.25) is 5.91 Å². The number of aliphatic hydroxyl groups is 2. The van der Waals surface area contributed by atoms with Crippen molar-refractivity contribution in [3.05, 3.63) is 48.6 Å². The zero-order chi connectivity index (χ0) is 30.8. The first kappa shape index (κ1) is 40.4. The number of allylic oxidation sites excluding steroid dienone is 7. The maximum absolute atomic E-state index is 12.2. The quantitative estimate of drug-likeness (QED) is 0.0558. The highest BCUT2D eigenvalue weighted by atomic mass is 16.3. The van der Waals surface area contributed by atoms with Crippen molar-refractivity contribution in [1.82, 2.24) is 5.32 Å². The molecule has 0 saturated heterocycles. The van der Waals surface area contributed by atoms with Gasteiger partial charge in [-0.1, -0.05) is 152 Å². The molecule has 2 atom stereocenters. The Morgan fingerprint density at radius 3 is 1.50 bits per heavy atom. The van der Waals surface area contributed by atoms with Gasteiger partial charge < -0.3 is 15.5 Å². The van der Waals surface area contributed by atoms with Crippen molar-refractivity contribution in [3.63, 3.8) is 0 Å². The second-order valence-electron chi connectivity index (χ2n) is 11.9. The van der Waals surface area contributed by atoms with Crippen LogP contribution in [0.1, 0.15) is 168 Å². The summed E-state index contributed by atoms with van der Waals surface area (Å²) in [4.78, 5) is 12.2. The summed E-state index contributed by atoms with van der Waals surface area (Å²) in [5.41, 5.74) is 0. The van der Waals surface area contributed by atoms with E-state index in [1.807, 2.05) is 6.08 Å². The second kappa shape index (κ2) is 33.8. The van der Waals surface area contributed by atoms with Crippen molar-refractivity contribution in [2.45, 2.75) is 180 Å². The van der Waals surface area contributed by atoms with Gasteiger partial charge in [-0.3, -0.25) is 4.79 Å². The van der Waals surface area contributed by atoms with Crippen molar-refractivity contribution in [3.8, 4) is 0 Å². The minimum Gasteiger partial charge on any atom is -0.394 e. The highest BCUT2D eigenvalue weighted by Gasteiger charge is 2.17. The summed E-state index contributed by atoms with van der Waals surface area (Å²) in [6, 6.07) is -0.620. The lowest BCUT2D eigenvalue weighted by molar-refractivity contribution is -0.123. The van der Waals surface area contributed by atoms with Crippen molar-refractivity contribution in [2.75, 3.05) is 6.61 Å². The first-order chi connectivity index (χ1) is 20.7. The Morgan fingerprint density at radius 2 is 0.976 bits per heavy atom. The predicted molar refractivity (Wildman–Crippen MR) is 184 cm³/mol. The van der Waals surface area contributed by atoms with Crippen LogP contribution in [0.15, 0.2) is 48.6 Å². The van der Waals surface area contributed by atoms with E-state index in [1.165, 1.54) is 109 Å². The molecule has 2 unspecified atom stereocenters. The van der Waals surface area contributed by atoms with E-state index in [0.717, 1.165) is 38.5 Å². The molecule has 1 amide bonds. The van der Waals surface area contributed by atoms with Crippen LogP contribution in [0, 0.1) is 0 Å². The molecule has 0 aliphatic heterocycles. The minimum atomic E-state index is -0.837. The first-order valence-corrected chi connectivity index (χ1v) is 17.9. The number of nitrogens with one attached hydrogen (secondary N) is 1. The summed E-state index contributed by atoms with van der Waals surface area (Å²) in [5, 5.41) is 22.5. The van der Waals surface area contributed by atoms with E-state index in [4.69, 9.17) is 0 Å². The van der Waals surface area contributed by atoms with Crippen LogP contribution in [-0.2, 0) is 4.79 Å². The molecule has 0 spiro atoms. The van der Waals surface area contributed by atoms with Gasteiger partial charge in [-0.15, -0.1) is 0 Å². The Labute approximate surface area is 261 Å². The van der Waals surface area contributed by atoms with Crippen LogP contribution >= 0.6 is 0 Å². The third kappa shape index (κ3) is 29.8. The molecule has 42 heavy (non-hydrogen) atoms. The Morgan fingerprint density at radius 1 is 0.571 bits per heavy atom. The van der Waals surface area contributed by atoms with E-state index >= 15 is 0 Å². The maximum atomic E-state index is 12.2. The van der Waals surface area contributed by atoms with Crippen LogP contribution in [-0.4, -0.2) is 34.9 Å². The SMILES string of the molecule is CCCCC/C=C/C(O)C(CO)NC(=O)CCCCCCCCCCCC/C=C\C/C=C\C/C=C\CCCCCCC. The summed E-state index contributed by atoms with van der Waals surface area (Å²) < 4.78 is 0. The molecule has 0 rings (SSSR count). The number of hydrogen-bond acceptors (Lipinski definition) is 3. The normalized spacial score (nSPS) is 13.7. The Bertz CT molecular complexity index is 682. The van der Waals surface area contributed by atoms with Gasteiger partial charge in [-0.25, -0.2) is 0 Å². The molecule has 4 heteroatoms. The molecule has 0 aliphatic carbocycles. The summed E-state index contributed by atoms with van der Waals surface area (Å²) in [6.07, 6.45) is 45.1. The molecule has 0 aromatic carbocycles. The smallest absolute Gasteiger partial charge is 0.220 e. The number of carbonyl (C=O) groups is 1. The lowest BCUT2D eigenvalue weighted by Crippen LogP contribution is -2.45. The summed E-state index contributed by atoms with van der Waals surface area (Å²) >= 11 is 0. The molecule has 3 N–H and O–H groups in total. The van der Waals surface area contributed by atoms with Gasteiger partial charge in [-0.05, 0) is 57.8 Å². The number of rotatable bonds is 31. The van der Waals surface area contributed by atoms with Crippen LogP contribution in [0.2, 0.25) is 0 Å². The van der Waals surface area contributed by atoms with Crippen LogP contribution in [0.25, 0.3) is 0 Å². The average molecular weight is 588 g/mol. The van der Waals surface area contributed by atoms with Crippen LogP contribution in [0.5, 0.6) is 0 Å². The van der Waals surface area contributed by atoms with Gasteiger partial charge in [-0.2, -0.15) is 0 Å². The van der Waals surface area contributed by atoms with E-state index in [1.54, 1.807) is 6.08 Å². The Hall–Kier alpha value is -1.65. The number of hydrogen-bond donors (Lipinski definition) is 3. The maximum Gasteiger partial charge on any atom is 0.220 e. The zero-order valence-corrected chi connectivity index (χ0v) is 27.8. The third-order valence-electron chi connectivity index (χ3n) is 7.81. The van der Waals surface area contributed by atoms with E-state index in [9.17, 15) is 15.0 Å². The van der Waals surface area contributed by atoms with Crippen molar-refractivity contribution in [1.29, 1.82) is 0 Å². The number of aliphatic hydroxyl groups excluding tert-OH is 2. The molecule has 0 bridgehead atoms. The largest absolute Gasteiger partial charge is 0.394 e. The molecule has 0 heterocycles. The number of unbranched alkanes of at least 4 members (excludes halogenated alkanes) is 18. The Balaban J connectivity index is 3.51. The standard InChI is InChI=1S/C38H69NO3/c1-3-5-7-9-10-11-12-13-14-15-16-17-18-19-20-21-22-23-24-25-26-27-28-30-32-34-38(42)39-36(35-40)37(41)33-31-29-8-6-4-2/h12-13,15-16,18-19,31,33,36-37,40-41H,3-11,14,17,20-30,32,34-35H2,1-2H3,(H,39,42)/b13-12-,16-15-,19-18-,33-31+. The molecule has 0 radical (unpaired) electrons. The minimum absolute atomic E-state index is 0.0784. The second-order valence-corrected chi connectivity index (χ2v) is 11.9. The Kier molecular flexibility index (Phi) is 32.5. The summed E-state index contributed by atoms with van der Waals surface area (Å²) in [6.45, 7) is 4.18. The van der Waals surface area contributed by atoms with Crippen LogP contribution in [0.4, 0.5) is 0 Å². The van der Waals surface area contributed by atoms with Crippen molar-refractivity contribution in [2.24, 2.45) is 0 Å². The van der Waals surface area contributed by atoms with Crippen LogP contribution < -0.4 is 5.32 Å². The van der Waals surface area contributed by atoms with Gasteiger partial charge >= 0.3 is 0 Å². The first-order valence-electron chi connectivity index (χ1n) is 17.9. The summed E-state index contributed by atoms with van der Waals surface area (Å²) in [7, 11) is 0.